The fourth-order valence-electron chi connectivity index (χ4n) is 2.74. The Kier molecular flexibility index (Phi) is 8.35. The van der Waals surface area contributed by atoms with Gasteiger partial charge in [0.15, 0.2) is 0 Å². The molecular formula is C16H30N2O3. The highest BCUT2D eigenvalue weighted by molar-refractivity contribution is 5.77. The van der Waals surface area contributed by atoms with Gasteiger partial charge in [-0.3, -0.25) is 9.59 Å². The van der Waals surface area contributed by atoms with Gasteiger partial charge in [-0.25, -0.2) is 0 Å². The third kappa shape index (κ3) is 8.05. The Labute approximate surface area is 128 Å². The average molecular weight is 298 g/mol. The van der Waals surface area contributed by atoms with Gasteiger partial charge in [0.25, 0.3) is 0 Å². The molecule has 1 atom stereocenters. The molecule has 0 spiro atoms. The van der Waals surface area contributed by atoms with Crippen molar-refractivity contribution < 1.29 is 14.7 Å². The Hall–Kier alpha value is -1.10. The predicted molar refractivity (Wildman–Crippen MR) is 83.2 cm³/mol. The molecule has 1 fully saturated rings. The smallest absolute Gasteiger partial charge is 0.305 e. The van der Waals surface area contributed by atoms with Crippen molar-refractivity contribution in [3.8, 4) is 0 Å². The first-order chi connectivity index (χ1) is 9.99. The van der Waals surface area contributed by atoms with E-state index in [0.29, 0.717) is 6.42 Å². The number of hydrogen-bond donors (Lipinski definition) is 2. The lowest BCUT2D eigenvalue weighted by Gasteiger charge is -2.22. The molecule has 5 heteroatoms. The van der Waals surface area contributed by atoms with E-state index in [1.54, 1.807) is 0 Å². The number of nitrogens with zero attached hydrogens (tertiary/aromatic N) is 1. The molecule has 1 aliphatic rings. The summed E-state index contributed by atoms with van der Waals surface area (Å²) in [6.45, 7) is 7.14. The Morgan fingerprint density at radius 3 is 2.29 bits per heavy atom. The maximum absolute atomic E-state index is 11.9. The van der Waals surface area contributed by atoms with Crippen LogP contribution in [-0.4, -0.2) is 47.6 Å². The molecule has 0 aromatic heterocycles. The average Bonchev–Trinajstić information content (AvgIpc) is 2.66. The Morgan fingerprint density at radius 2 is 1.76 bits per heavy atom. The highest BCUT2D eigenvalue weighted by atomic mass is 16.4. The topological polar surface area (TPSA) is 69.6 Å². The largest absolute Gasteiger partial charge is 0.481 e. The van der Waals surface area contributed by atoms with Crippen LogP contribution in [0.25, 0.3) is 0 Å². The number of nitrogens with one attached hydrogen (secondary N) is 1. The van der Waals surface area contributed by atoms with Gasteiger partial charge in [-0.2, -0.15) is 0 Å². The van der Waals surface area contributed by atoms with Crippen molar-refractivity contribution in [3.05, 3.63) is 0 Å². The molecule has 2 N–H and O–H groups in total. The van der Waals surface area contributed by atoms with Crippen molar-refractivity contribution in [2.45, 2.75) is 64.8 Å². The van der Waals surface area contributed by atoms with Crippen molar-refractivity contribution >= 4 is 11.9 Å². The summed E-state index contributed by atoms with van der Waals surface area (Å²) >= 11 is 0. The minimum absolute atomic E-state index is 0.00443. The standard InChI is InChI=1S/C16H30N2O3/c1-13(2)14(12-16(20)21)17-15(19)8-7-11-18-9-5-3-4-6-10-18/h13-14H,3-12H2,1-2H3,(H,17,19)(H,20,21)/t14-/m0/s1. The van der Waals surface area contributed by atoms with Crippen LogP contribution in [0.15, 0.2) is 0 Å². The Morgan fingerprint density at radius 1 is 1.14 bits per heavy atom. The molecule has 1 amide bonds. The van der Waals surface area contributed by atoms with Crippen LogP contribution < -0.4 is 5.32 Å². The van der Waals surface area contributed by atoms with Gasteiger partial charge in [-0.05, 0) is 44.8 Å². The van der Waals surface area contributed by atoms with E-state index in [2.05, 4.69) is 10.2 Å². The number of amides is 1. The molecule has 1 aliphatic heterocycles. The zero-order valence-corrected chi connectivity index (χ0v) is 13.4. The SMILES string of the molecule is CC(C)[C@H](CC(=O)O)NC(=O)CCCN1CCCCCC1. The molecule has 122 valence electrons. The molecule has 1 heterocycles. The monoisotopic (exact) mass is 298 g/mol. The first kappa shape index (κ1) is 18.0. The Balaban J connectivity index is 2.23. The molecule has 1 saturated heterocycles. The van der Waals surface area contributed by atoms with Crippen LogP contribution in [0.2, 0.25) is 0 Å². The summed E-state index contributed by atoms with van der Waals surface area (Å²) in [6, 6.07) is -0.270. The number of aliphatic carboxylic acids is 1. The molecule has 0 aliphatic carbocycles. The number of carbonyl (C=O) groups is 2. The van der Waals surface area contributed by atoms with Crippen LogP contribution in [0.4, 0.5) is 0 Å². The number of hydrogen-bond acceptors (Lipinski definition) is 3. The summed E-state index contributed by atoms with van der Waals surface area (Å²) in [7, 11) is 0. The number of carbonyl (C=O) groups excluding carboxylic acids is 1. The highest BCUT2D eigenvalue weighted by Gasteiger charge is 2.19. The number of carboxylic acids is 1. The van der Waals surface area contributed by atoms with Crippen LogP contribution in [0.5, 0.6) is 0 Å². The maximum atomic E-state index is 11.9. The lowest BCUT2D eigenvalue weighted by molar-refractivity contribution is -0.138. The van der Waals surface area contributed by atoms with E-state index in [4.69, 9.17) is 5.11 Å². The van der Waals surface area contributed by atoms with Crippen LogP contribution in [-0.2, 0) is 9.59 Å². The van der Waals surface area contributed by atoms with E-state index in [9.17, 15) is 9.59 Å². The maximum Gasteiger partial charge on any atom is 0.305 e. The molecule has 0 saturated carbocycles. The van der Waals surface area contributed by atoms with Gasteiger partial charge >= 0.3 is 5.97 Å². The van der Waals surface area contributed by atoms with Gasteiger partial charge in [0.1, 0.15) is 0 Å². The molecule has 5 nitrogen and oxygen atoms in total. The zero-order chi connectivity index (χ0) is 15.7. The molecule has 0 unspecified atom stereocenters. The van der Waals surface area contributed by atoms with Crippen molar-refractivity contribution in [1.29, 1.82) is 0 Å². The Bertz CT molecular complexity index is 323. The number of rotatable bonds is 8. The molecule has 0 radical (unpaired) electrons. The quantitative estimate of drug-likeness (QED) is 0.721. The molecule has 1 rings (SSSR count). The fraction of sp³-hybridized carbons (Fsp3) is 0.875. The minimum atomic E-state index is -0.862. The van der Waals surface area contributed by atoms with Gasteiger partial charge in [-0.15, -0.1) is 0 Å². The molecule has 0 aromatic carbocycles. The first-order valence-electron chi connectivity index (χ1n) is 8.22. The molecule has 0 aromatic rings. The van der Waals surface area contributed by atoms with Crippen molar-refractivity contribution in [3.63, 3.8) is 0 Å². The summed E-state index contributed by atoms with van der Waals surface area (Å²) in [6.07, 6.45) is 6.50. The summed E-state index contributed by atoms with van der Waals surface area (Å²) in [5.74, 6) is -0.751. The van der Waals surface area contributed by atoms with Gasteiger partial charge in [0.05, 0.1) is 6.42 Å². The highest BCUT2D eigenvalue weighted by Crippen LogP contribution is 2.11. The molecule has 0 bridgehead atoms. The van der Waals surface area contributed by atoms with E-state index in [0.717, 1.165) is 26.1 Å². The van der Waals surface area contributed by atoms with Gasteiger partial charge in [0, 0.05) is 12.5 Å². The summed E-state index contributed by atoms with van der Waals surface area (Å²) in [5.41, 5.74) is 0. The second kappa shape index (κ2) is 9.77. The van der Waals surface area contributed by atoms with Crippen LogP contribution >= 0.6 is 0 Å². The van der Waals surface area contributed by atoms with Crippen molar-refractivity contribution in [2.75, 3.05) is 19.6 Å². The van der Waals surface area contributed by atoms with E-state index in [1.807, 2.05) is 13.8 Å². The minimum Gasteiger partial charge on any atom is -0.481 e. The molecule has 21 heavy (non-hydrogen) atoms. The molecular weight excluding hydrogens is 268 g/mol. The second-order valence-corrected chi connectivity index (χ2v) is 6.38. The lowest BCUT2D eigenvalue weighted by atomic mass is 10.0. The fourth-order valence-corrected chi connectivity index (χ4v) is 2.74. The van der Waals surface area contributed by atoms with Crippen LogP contribution in [0.3, 0.4) is 0 Å². The van der Waals surface area contributed by atoms with E-state index in [1.165, 1.54) is 25.7 Å². The lowest BCUT2D eigenvalue weighted by Crippen LogP contribution is -2.40. The van der Waals surface area contributed by atoms with Gasteiger partial charge in [-0.1, -0.05) is 26.7 Å². The van der Waals surface area contributed by atoms with E-state index >= 15 is 0 Å². The third-order valence-electron chi connectivity index (χ3n) is 4.12. The summed E-state index contributed by atoms with van der Waals surface area (Å²) in [5, 5.41) is 11.7. The van der Waals surface area contributed by atoms with Gasteiger partial charge in [0.2, 0.25) is 5.91 Å². The number of likely N-dealkylation sites (tertiary alicyclic amines) is 1. The summed E-state index contributed by atoms with van der Waals surface area (Å²) < 4.78 is 0. The van der Waals surface area contributed by atoms with Gasteiger partial charge < -0.3 is 15.3 Å². The predicted octanol–water partition coefficient (Wildman–Crippen LogP) is 2.26. The summed E-state index contributed by atoms with van der Waals surface area (Å²) in [4.78, 5) is 25.2. The number of carboxylic acid groups (broad SMARTS) is 1. The van der Waals surface area contributed by atoms with Crippen LogP contribution in [0, 0.1) is 5.92 Å². The van der Waals surface area contributed by atoms with E-state index in [-0.39, 0.29) is 24.3 Å². The van der Waals surface area contributed by atoms with E-state index < -0.39 is 5.97 Å². The van der Waals surface area contributed by atoms with Crippen molar-refractivity contribution in [1.82, 2.24) is 10.2 Å². The van der Waals surface area contributed by atoms with Crippen molar-refractivity contribution in [2.24, 2.45) is 5.92 Å². The zero-order valence-electron chi connectivity index (χ0n) is 13.4. The normalized spacial score (nSPS) is 18.2. The first-order valence-corrected chi connectivity index (χ1v) is 8.22. The van der Waals surface area contributed by atoms with Crippen LogP contribution in [0.1, 0.15) is 58.8 Å². The second-order valence-electron chi connectivity index (χ2n) is 6.38. The third-order valence-corrected chi connectivity index (χ3v) is 4.12.